The van der Waals surface area contributed by atoms with E-state index in [0.29, 0.717) is 10.2 Å². The van der Waals surface area contributed by atoms with Gasteiger partial charge in [-0.05, 0) is 87.2 Å². The van der Waals surface area contributed by atoms with Crippen molar-refractivity contribution < 1.29 is 14.3 Å². The Morgan fingerprint density at radius 2 is 1.92 bits per heavy atom. The predicted molar refractivity (Wildman–Crippen MR) is 147 cm³/mol. The van der Waals surface area contributed by atoms with Gasteiger partial charge in [0, 0.05) is 24.5 Å². The summed E-state index contributed by atoms with van der Waals surface area (Å²) in [6.07, 6.45) is 5.05. The van der Waals surface area contributed by atoms with Gasteiger partial charge < -0.3 is 14.2 Å². The number of rotatable bonds is 5. The minimum Gasteiger partial charge on any atom is -0.495 e. The highest BCUT2D eigenvalue weighted by atomic mass is 32.2. The topological polar surface area (TPSA) is 103 Å². The number of thioether (sulfide) groups is 1. The second-order valence-electron chi connectivity index (χ2n) is 9.47. The van der Waals surface area contributed by atoms with Gasteiger partial charge in [0.2, 0.25) is 11.1 Å². The number of carbonyl (C=O) groups excluding carboxylic acids is 2. The monoisotopic (exact) mass is 518 g/mol. The van der Waals surface area contributed by atoms with E-state index in [1.54, 1.807) is 13.2 Å². The second kappa shape index (κ2) is 10.0. The molecule has 1 aromatic carbocycles. The number of piperidine rings is 1. The van der Waals surface area contributed by atoms with Crippen molar-refractivity contribution in [3.8, 4) is 11.4 Å². The normalized spacial score (nSPS) is 18.8. The van der Waals surface area contributed by atoms with Crippen LogP contribution in [0.3, 0.4) is 0 Å². The number of nitrogens with zero attached hydrogens (tertiary/aromatic N) is 5. The minimum atomic E-state index is -0.486. The number of benzene rings is 1. The van der Waals surface area contributed by atoms with Crippen molar-refractivity contribution in [2.45, 2.75) is 46.5 Å². The molecule has 1 aromatic heterocycles. The zero-order valence-electron chi connectivity index (χ0n) is 21.5. The molecule has 10 heteroatoms. The lowest BCUT2D eigenvalue weighted by molar-refractivity contribution is -0.130. The van der Waals surface area contributed by atoms with Crippen molar-refractivity contribution in [2.24, 2.45) is 10.1 Å². The van der Waals surface area contributed by atoms with Gasteiger partial charge in [-0.15, -0.1) is 0 Å². The van der Waals surface area contributed by atoms with Crippen molar-refractivity contribution in [1.29, 1.82) is 5.41 Å². The summed E-state index contributed by atoms with van der Waals surface area (Å²) in [5.41, 5.74) is 4.87. The smallest absolute Gasteiger partial charge is 0.283 e. The molecule has 0 spiro atoms. The number of methoxy groups -OCH3 is 1. The Morgan fingerprint density at radius 3 is 2.65 bits per heavy atom. The van der Waals surface area contributed by atoms with Crippen LogP contribution < -0.4 is 4.74 Å². The molecule has 0 unspecified atom stereocenters. The number of aryl methyl sites for hydroxylation is 2. The highest BCUT2D eigenvalue weighted by molar-refractivity contribution is 8.27. The lowest BCUT2D eigenvalue weighted by atomic mass is 10.1. The van der Waals surface area contributed by atoms with Gasteiger partial charge in [0.1, 0.15) is 10.8 Å². The van der Waals surface area contributed by atoms with Crippen LogP contribution in [0.15, 0.2) is 39.9 Å². The van der Waals surface area contributed by atoms with E-state index in [0.717, 1.165) is 66.3 Å². The van der Waals surface area contributed by atoms with Crippen LogP contribution in [0.5, 0.6) is 5.75 Å². The van der Waals surface area contributed by atoms with Crippen molar-refractivity contribution in [1.82, 2.24) is 14.5 Å². The Bertz CT molecular complexity index is 1400. The largest absolute Gasteiger partial charge is 0.495 e. The number of fused-ring (bicyclic) bond motifs is 1. The molecular formula is C27H30N6O3S. The number of ether oxygens (including phenoxy) is 1. The van der Waals surface area contributed by atoms with E-state index in [1.807, 2.05) is 43.9 Å². The first-order valence-corrected chi connectivity index (χ1v) is 13.2. The summed E-state index contributed by atoms with van der Waals surface area (Å²) in [7, 11) is 1.64. The third kappa shape index (κ3) is 4.73. The summed E-state index contributed by atoms with van der Waals surface area (Å²) in [5, 5.41) is 15.4. The van der Waals surface area contributed by atoms with E-state index in [-0.39, 0.29) is 23.7 Å². The number of nitrogens with one attached hydrogen (secondary N) is 1. The summed E-state index contributed by atoms with van der Waals surface area (Å²) in [4.78, 5) is 31.7. The van der Waals surface area contributed by atoms with Gasteiger partial charge in [0.05, 0.1) is 24.8 Å². The second-order valence-corrected chi connectivity index (χ2v) is 10.5. The van der Waals surface area contributed by atoms with E-state index >= 15 is 0 Å². The van der Waals surface area contributed by atoms with Gasteiger partial charge in [-0.1, -0.05) is 6.07 Å². The lowest BCUT2D eigenvalue weighted by Gasteiger charge is -2.26. The number of aromatic nitrogens is 1. The van der Waals surface area contributed by atoms with Crippen molar-refractivity contribution in [3.63, 3.8) is 0 Å². The highest BCUT2D eigenvalue weighted by Crippen LogP contribution is 2.33. The Balaban J connectivity index is 1.42. The standard InChI is InChI=1S/C27H30N6O3S/c1-16-8-9-22(36-4)21(12-16)32-17(2)13-19(18(32)3)14-20-25(28)33-27(29-26(20)35)37-23(30-33)15-24(34)31-10-6-5-7-11-31/h8-9,12-14,28H,5-7,10-11,15H2,1-4H3/b20-14-,28-25?. The summed E-state index contributed by atoms with van der Waals surface area (Å²) in [6.45, 7) is 7.54. The SMILES string of the molecule is COc1ccc(C)cc1-n1c(C)cc(/C=C2/C(=N)N3N=C(CC(=O)N4CCCCC4)SC3=NC2=O)c1C. The summed E-state index contributed by atoms with van der Waals surface area (Å²) in [6, 6.07) is 7.98. The van der Waals surface area contributed by atoms with Crippen molar-refractivity contribution in [3.05, 3.63) is 52.4 Å². The molecule has 0 atom stereocenters. The number of carbonyl (C=O) groups is 2. The summed E-state index contributed by atoms with van der Waals surface area (Å²) < 4.78 is 7.67. The van der Waals surface area contributed by atoms with Crippen LogP contribution in [0.2, 0.25) is 0 Å². The Labute approximate surface area is 220 Å². The molecule has 5 rings (SSSR count). The minimum absolute atomic E-state index is 0.0269. The van der Waals surface area contributed by atoms with Crippen LogP contribution in [0, 0.1) is 26.2 Å². The fraction of sp³-hybridized carbons (Fsp3) is 0.370. The third-order valence-electron chi connectivity index (χ3n) is 6.85. The van der Waals surface area contributed by atoms with Crippen LogP contribution in [0.4, 0.5) is 0 Å². The Kier molecular flexibility index (Phi) is 6.76. The molecule has 192 valence electrons. The zero-order chi connectivity index (χ0) is 26.3. The van der Waals surface area contributed by atoms with E-state index in [1.165, 1.54) is 16.8 Å². The molecule has 0 bridgehead atoms. The average Bonchev–Trinajstić information content (AvgIpc) is 3.41. The third-order valence-corrected chi connectivity index (χ3v) is 7.76. The van der Waals surface area contributed by atoms with Gasteiger partial charge in [0.15, 0.2) is 5.84 Å². The van der Waals surface area contributed by atoms with Crippen molar-refractivity contribution in [2.75, 3.05) is 20.2 Å². The number of likely N-dealkylation sites (tertiary alicyclic amines) is 1. The molecule has 2 aromatic rings. The number of amides is 2. The van der Waals surface area contributed by atoms with Crippen LogP contribution >= 0.6 is 11.8 Å². The first-order valence-electron chi connectivity index (χ1n) is 12.4. The Hall–Kier alpha value is -3.66. The molecule has 3 aliphatic heterocycles. The summed E-state index contributed by atoms with van der Waals surface area (Å²) in [5.74, 6) is 0.248. The number of aliphatic imine (C=N–C) groups is 1. The average molecular weight is 519 g/mol. The fourth-order valence-electron chi connectivity index (χ4n) is 4.92. The van der Waals surface area contributed by atoms with Crippen LogP contribution in [0.25, 0.3) is 11.8 Å². The molecule has 2 amide bonds. The highest BCUT2D eigenvalue weighted by Gasteiger charge is 2.36. The number of hydrogen-bond acceptors (Lipinski definition) is 6. The summed E-state index contributed by atoms with van der Waals surface area (Å²) >= 11 is 1.19. The molecule has 1 saturated heterocycles. The van der Waals surface area contributed by atoms with Gasteiger partial charge in [0.25, 0.3) is 5.91 Å². The van der Waals surface area contributed by atoms with Crippen LogP contribution in [0.1, 0.15) is 48.2 Å². The molecule has 1 fully saturated rings. The molecule has 1 N–H and O–H groups in total. The van der Waals surface area contributed by atoms with E-state index in [9.17, 15) is 9.59 Å². The van der Waals surface area contributed by atoms with Gasteiger partial charge in [-0.2, -0.15) is 15.1 Å². The van der Waals surface area contributed by atoms with E-state index in [2.05, 4.69) is 20.7 Å². The molecule has 37 heavy (non-hydrogen) atoms. The van der Waals surface area contributed by atoms with Gasteiger partial charge in [-0.25, -0.2) is 0 Å². The number of amidine groups is 2. The van der Waals surface area contributed by atoms with Gasteiger partial charge in [-0.3, -0.25) is 15.0 Å². The Morgan fingerprint density at radius 1 is 1.16 bits per heavy atom. The molecule has 0 saturated carbocycles. The molecule has 3 aliphatic rings. The fourth-order valence-corrected chi connectivity index (χ4v) is 5.80. The molecule has 9 nitrogen and oxygen atoms in total. The quantitative estimate of drug-likeness (QED) is 0.590. The maximum absolute atomic E-state index is 13.0. The predicted octanol–water partition coefficient (Wildman–Crippen LogP) is 4.43. The zero-order valence-corrected chi connectivity index (χ0v) is 22.3. The van der Waals surface area contributed by atoms with E-state index in [4.69, 9.17) is 10.1 Å². The molecular weight excluding hydrogens is 488 g/mol. The molecule has 0 aliphatic carbocycles. The van der Waals surface area contributed by atoms with Gasteiger partial charge >= 0.3 is 0 Å². The molecule has 4 heterocycles. The maximum atomic E-state index is 13.0. The van der Waals surface area contributed by atoms with E-state index < -0.39 is 5.91 Å². The first kappa shape index (κ1) is 25.0. The number of hydrogen-bond donors (Lipinski definition) is 1. The maximum Gasteiger partial charge on any atom is 0.283 e. The number of hydrazone groups is 1. The van der Waals surface area contributed by atoms with Crippen LogP contribution in [-0.2, 0) is 9.59 Å². The first-order chi connectivity index (χ1) is 17.8. The molecule has 0 radical (unpaired) electrons. The van der Waals surface area contributed by atoms with Crippen molar-refractivity contribution >= 4 is 45.7 Å². The van der Waals surface area contributed by atoms with Crippen LogP contribution in [-0.4, -0.2) is 62.5 Å². The lowest BCUT2D eigenvalue weighted by Crippen LogP contribution is -2.36.